The van der Waals surface area contributed by atoms with Gasteiger partial charge >= 0.3 is 41.5 Å². The van der Waals surface area contributed by atoms with Crippen LogP contribution >= 0.6 is 30.3 Å². The molecule has 9 heteroatoms. The Labute approximate surface area is 203 Å². The summed E-state index contributed by atoms with van der Waals surface area (Å²) in [6.45, 7) is 2.27. The molecule has 0 saturated carbocycles. The molecule has 3 aromatic carbocycles. The summed E-state index contributed by atoms with van der Waals surface area (Å²) < 4.78 is 0. The smallest absolute Gasteiger partial charge is 0.121 e. The quantitative estimate of drug-likeness (QED) is 0.241. The van der Waals surface area contributed by atoms with Gasteiger partial charge in [0, 0.05) is 6.54 Å². The first kappa shape index (κ1) is 23.1. The first-order chi connectivity index (χ1) is 15.6. The van der Waals surface area contributed by atoms with Gasteiger partial charge in [0.15, 0.2) is 0 Å². The molecule has 0 fully saturated rings. The minimum absolute atomic E-state index is 0.723. The number of para-hydroxylation sites is 4. The van der Waals surface area contributed by atoms with Crippen LogP contribution in [0.3, 0.4) is 0 Å². The number of rotatable bonds is 6. The van der Waals surface area contributed by atoms with Gasteiger partial charge in [-0.2, -0.15) is 0 Å². The van der Waals surface area contributed by atoms with Crippen molar-refractivity contribution in [1.29, 1.82) is 0 Å². The molecule has 0 saturated heterocycles. The fourth-order valence-corrected chi connectivity index (χ4v) is 3.59. The molecule has 5 aromatic rings. The molecule has 0 radical (unpaired) electrons. The molecule has 0 aliphatic heterocycles. The fraction of sp³-hybridized carbons (Fsp3) is 0.130. The average molecular weight is 529 g/mol. The predicted molar refractivity (Wildman–Crippen MR) is 129 cm³/mol. The number of hydrogen-bond acceptors (Lipinski definition) is 3. The maximum Gasteiger partial charge on any atom is 0.121 e. The Morgan fingerprint density at radius 2 is 1.06 bits per heavy atom. The topological polar surface area (TPSA) is 60.6 Å². The molecular formula is C23H21Cl3MnN5. The number of halogens is 3. The zero-order valence-corrected chi connectivity index (χ0v) is 20.4. The molecule has 0 spiro atoms. The van der Waals surface area contributed by atoms with E-state index in [-0.39, 0.29) is 0 Å². The Morgan fingerprint density at radius 3 is 1.53 bits per heavy atom. The minimum atomic E-state index is -1.48. The van der Waals surface area contributed by atoms with Crippen molar-refractivity contribution in [1.82, 2.24) is 24.8 Å². The van der Waals surface area contributed by atoms with E-state index in [1.54, 1.807) is 0 Å². The van der Waals surface area contributed by atoms with E-state index >= 15 is 0 Å². The van der Waals surface area contributed by atoms with Crippen LogP contribution < -0.4 is 0 Å². The van der Waals surface area contributed by atoms with Gasteiger partial charge in [-0.1, -0.05) is 54.6 Å². The molecule has 5 nitrogen and oxygen atoms in total. The van der Waals surface area contributed by atoms with Gasteiger partial charge in [-0.05, 0) is 29.8 Å². The van der Waals surface area contributed by atoms with E-state index in [0.717, 1.165) is 53.3 Å². The summed E-state index contributed by atoms with van der Waals surface area (Å²) in [6.07, 6.45) is 0. The predicted octanol–water partition coefficient (Wildman–Crippen LogP) is 6.71. The van der Waals surface area contributed by atoms with E-state index < -0.39 is 11.2 Å². The number of nitrogens with one attached hydrogen (secondary N) is 2. The second kappa shape index (κ2) is 11.2. The molecule has 0 aliphatic rings. The van der Waals surface area contributed by atoms with Gasteiger partial charge in [-0.3, -0.25) is 4.90 Å². The van der Waals surface area contributed by atoms with Crippen LogP contribution in [0, 0.1) is 0 Å². The Morgan fingerprint density at radius 1 is 0.625 bits per heavy atom. The molecular weight excluding hydrogens is 508 g/mol. The molecule has 0 atom stereocenters. The number of imidazole rings is 2. The molecule has 5 rings (SSSR count). The molecule has 2 N–H and O–H groups in total. The molecule has 0 bridgehead atoms. The van der Waals surface area contributed by atoms with Crippen molar-refractivity contribution >= 4 is 52.4 Å². The summed E-state index contributed by atoms with van der Waals surface area (Å²) >= 11 is -1.48. The van der Waals surface area contributed by atoms with Crippen LogP contribution in [0.25, 0.3) is 22.1 Å². The van der Waals surface area contributed by atoms with Gasteiger partial charge in [-0.15, -0.1) is 0 Å². The summed E-state index contributed by atoms with van der Waals surface area (Å²) in [6, 6.07) is 26.8. The first-order valence-corrected chi connectivity index (χ1v) is 14.8. The van der Waals surface area contributed by atoms with Crippen molar-refractivity contribution in [2.75, 3.05) is 0 Å². The first-order valence-electron chi connectivity index (χ1n) is 9.90. The summed E-state index contributed by atoms with van der Waals surface area (Å²) in [4.78, 5) is 18.7. The van der Waals surface area contributed by atoms with Gasteiger partial charge in [0.05, 0.1) is 35.2 Å². The molecule has 0 amide bonds. The third-order valence-corrected chi connectivity index (χ3v) is 4.87. The van der Waals surface area contributed by atoms with E-state index in [1.807, 2.05) is 42.5 Å². The Hall–Kier alpha value is -2.05. The molecule has 0 unspecified atom stereocenters. The summed E-state index contributed by atoms with van der Waals surface area (Å²) in [5.74, 6) is 1.93. The van der Waals surface area contributed by atoms with E-state index in [9.17, 15) is 0 Å². The third kappa shape index (κ3) is 6.48. The largest absolute Gasteiger partial charge is 0.341 e. The standard InChI is InChI=1S/C23H21N5.3ClH.Mn/c1-2-8-17(9-3-1)14-28(15-22-24-18-10-4-5-11-19(18)25-22)16-23-26-20-12-6-7-13-21(20)27-23;;;;/h1-13H,14-16H2,(H,24,25)(H,26,27);3*1H;/q;;;;+3/p-3. The van der Waals surface area contributed by atoms with Crippen LogP contribution in [0.15, 0.2) is 78.9 Å². The SMILES string of the molecule is [Cl][Mn]([Cl])[Cl].c1ccc(CN(Cc2nc3ccccc3[nH]2)Cc2nc3ccccc3[nH]2)cc1. The second-order valence-corrected chi connectivity index (χ2v) is 13.0. The molecule has 166 valence electrons. The zero-order valence-electron chi connectivity index (χ0n) is 17.0. The number of nitrogens with zero attached hydrogens (tertiary/aromatic N) is 3. The van der Waals surface area contributed by atoms with Crippen LogP contribution in [-0.4, -0.2) is 24.8 Å². The number of hydrogen-bond donors (Lipinski definition) is 2. The summed E-state index contributed by atoms with van der Waals surface area (Å²) in [5.41, 5.74) is 5.42. The van der Waals surface area contributed by atoms with Gasteiger partial charge in [0.1, 0.15) is 11.6 Å². The van der Waals surface area contributed by atoms with Gasteiger partial charge in [-0.25, -0.2) is 9.97 Å². The van der Waals surface area contributed by atoms with Crippen molar-refractivity contribution < 1.29 is 11.2 Å². The number of benzene rings is 3. The van der Waals surface area contributed by atoms with E-state index in [2.05, 4.69) is 51.3 Å². The van der Waals surface area contributed by atoms with Crippen LogP contribution in [0.2, 0.25) is 0 Å². The van der Waals surface area contributed by atoms with Crippen molar-refractivity contribution in [3.05, 3.63) is 96.1 Å². The average Bonchev–Trinajstić information content (AvgIpc) is 3.36. The monoisotopic (exact) mass is 527 g/mol. The van der Waals surface area contributed by atoms with E-state index in [4.69, 9.17) is 40.3 Å². The third-order valence-electron chi connectivity index (χ3n) is 4.87. The molecule has 2 heterocycles. The second-order valence-electron chi connectivity index (χ2n) is 7.19. The summed E-state index contributed by atoms with van der Waals surface area (Å²) in [7, 11) is 14.7. The van der Waals surface area contributed by atoms with Crippen LogP contribution in [-0.2, 0) is 30.8 Å². The van der Waals surface area contributed by atoms with Gasteiger partial charge in [0.2, 0.25) is 0 Å². The normalized spacial score (nSPS) is 11.6. The van der Waals surface area contributed by atoms with Crippen molar-refractivity contribution in [2.45, 2.75) is 19.6 Å². The maximum absolute atomic E-state index is 4.91. The minimum Gasteiger partial charge on any atom is -0.341 e. The van der Waals surface area contributed by atoms with Gasteiger partial charge in [0.25, 0.3) is 0 Å². The van der Waals surface area contributed by atoms with Crippen molar-refractivity contribution in [3.8, 4) is 0 Å². The van der Waals surface area contributed by atoms with Crippen molar-refractivity contribution in [2.24, 2.45) is 0 Å². The fourth-order valence-electron chi connectivity index (χ4n) is 3.59. The van der Waals surface area contributed by atoms with Crippen LogP contribution in [0.5, 0.6) is 0 Å². The van der Waals surface area contributed by atoms with Crippen LogP contribution in [0.1, 0.15) is 17.2 Å². The zero-order chi connectivity index (χ0) is 22.3. The molecule has 0 aliphatic carbocycles. The van der Waals surface area contributed by atoms with E-state index in [0.29, 0.717) is 0 Å². The Bertz CT molecular complexity index is 1130. The Balaban J connectivity index is 0.000000567. The number of fused-ring (bicyclic) bond motifs is 2. The van der Waals surface area contributed by atoms with E-state index in [1.165, 1.54) is 5.56 Å². The van der Waals surface area contributed by atoms with Crippen LogP contribution in [0.4, 0.5) is 0 Å². The molecule has 2 aromatic heterocycles. The number of aromatic amines is 2. The van der Waals surface area contributed by atoms with Crippen molar-refractivity contribution in [3.63, 3.8) is 0 Å². The summed E-state index contributed by atoms with van der Waals surface area (Å²) in [5, 5.41) is 0. The molecule has 32 heavy (non-hydrogen) atoms. The van der Waals surface area contributed by atoms with Gasteiger partial charge < -0.3 is 9.97 Å². The Kier molecular flexibility index (Phi) is 8.09. The number of H-pyrrole nitrogens is 2. The maximum atomic E-state index is 4.91. The number of aromatic nitrogens is 4.